The van der Waals surface area contributed by atoms with Crippen molar-refractivity contribution in [3.63, 3.8) is 0 Å². The molecule has 1 fully saturated rings. The normalized spacial score (nSPS) is 14.9. The van der Waals surface area contributed by atoms with Crippen molar-refractivity contribution in [2.75, 3.05) is 44.8 Å². The first-order valence-electron chi connectivity index (χ1n) is 12.5. The van der Waals surface area contributed by atoms with Gasteiger partial charge >= 0.3 is 12.0 Å². The van der Waals surface area contributed by atoms with Crippen LogP contribution in [0, 0.1) is 0 Å². The van der Waals surface area contributed by atoms with Gasteiger partial charge in [0.05, 0.1) is 57.1 Å². The lowest BCUT2D eigenvalue weighted by molar-refractivity contribution is -0.137. The highest BCUT2D eigenvalue weighted by molar-refractivity contribution is 5.81. The van der Waals surface area contributed by atoms with Crippen LogP contribution in [-0.4, -0.2) is 75.2 Å². The number of rotatable bonds is 12. The van der Waals surface area contributed by atoms with Crippen molar-refractivity contribution in [1.82, 2.24) is 24.6 Å². The standard InChI is InChI=1S/C26H34N6O4/c1-3-19(14-25(33)34)20-5-6-23(24(13-20)30-22-16-27-26(28-17-22)36-4-2)21-15-29-32(18-21)8-7-31-9-11-35-12-10-31/h5-6,13,15-19,30H,3-4,7-12,14H2,1-2H3,(H,33,34). The van der Waals surface area contributed by atoms with Gasteiger partial charge in [-0.15, -0.1) is 0 Å². The van der Waals surface area contributed by atoms with Crippen molar-refractivity contribution in [2.45, 2.75) is 39.2 Å². The summed E-state index contributed by atoms with van der Waals surface area (Å²) in [6, 6.07) is 6.39. The molecule has 1 atom stereocenters. The number of aliphatic carboxylic acids is 1. The van der Waals surface area contributed by atoms with E-state index in [1.165, 1.54) is 0 Å². The third-order valence-electron chi connectivity index (χ3n) is 6.30. The van der Waals surface area contributed by atoms with E-state index in [4.69, 9.17) is 9.47 Å². The molecule has 1 unspecified atom stereocenters. The predicted molar refractivity (Wildman–Crippen MR) is 137 cm³/mol. The molecule has 0 aliphatic carbocycles. The number of nitrogens with zero attached hydrogens (tertiary/aromatic N) is 5. The van der Waals surface area contributed by atoms with Crippen LogP contribution in [0.4, 0.5) is 11.4 Å². The third-order valence-corrected chi connectivity index (χ3v) is 6.30. The maximum absolute atomic E-state index is 11.4. The molecule has 3 heterocycles. The number of carboxylic acids is 1. The highest BCUT2D eigenvalue weighted by Gasteiger charge is 2.17. The van der Waals surface area contributed by atoms with Gasteiger partial charge in [0.25, 0.3) is 0 Å². The van der Waals surface area contributed by atoms with Gasteiger partial charge in [-0.05, 0) is 30.9 Å². The molecule has 0 bridgehead atoms. The van der Waals surface area contributed by atoms with E-state index in [9.17, 15) is 9.90 Å². The fourth-order valence-corrected chi connectivity index (χ4v) is 4.31. The van der Waals surface area contributed by atoms with Gasteiger partial charge in [0.2, 0.25) is 0 Å². The van der Waals surface area contributed by atoms with E-state index in [2.05, 4.69) is 25.3 Å². The molecule has 2 aromatic heterocycles. The van der Waals surface area contributed by atoms with E-state index in [-0.39, 0.29) is 12.3 Å². The summed E-state index contributed by atoms with van der Waals surface area (Å²) in [4.78, 5) is 22.3. The average Bonchev–Trinajstić information content (AvgIpc) is 3.37. The van der Waals surface area contributed by atoms with Gasteiger partial charge in [-0.1, -0.05) is 19.1 Å². The minimum atomic E-state index is -0.804. The quantitative estimate of drug-likeness (QED) is 0.388. The molecular weight excluding hydrogens is 460 g/mol. The van der Waals surface area contributed by atoms with E-state index in [1.807, 2.05) is 49.1 Å². The van der Waals surface area contributed by atoms with E-state index >= 15 is 0 Å². The minimum absolute atomic E-state index is 0.0788. The fraction of sp³-hybridized carbons (Fsp3) is 0.462. The molecule has 0 saturated carbocycles. The van der Waals surface area contributed by atoms with Crippen LogP contribution in [0.1, 0.15) is 38.2 Å². The van der Waals surface area contributed by atoms with Crippen molar-refractivity contribution in [3.8, 4) is 17.1 Å². The van der Waals surface area contributed by atoms with Crippen LogP contribution in [-0.2, 0) is 16.1 Å². The molecule has 0 radical (unpaired) electrons. The van der Waals surface area contributed by atoms with Crippen LogP contribution in [0.5, 0.6) is 6.01 Å². The molecule has 36 heavy (non-hydrogen) atoms. The lowest BCUT2D eigenvalue weighted by atomic mass is 9.91. The first kappa shape index (κ1) is 25.6. The van der Waals surface area contributed by atoms with Gasteiger partial charge in [-0.2, -0.15) is 5.10 Å². The largest absolute Gasteiger partial charge is 0.481 e. The van der Waals surface area contributed by atoms with Crippen LogP contribution in [0.15, 0.2) is 43.0 Å². The highest BCUT2D eigenvalue weighted by atomic mass is 16.5. The van der Waals surface area contributed by atoms with Crippen LogP contribution in [0.2, 0.25) is 0 Å². The number of benzene rings is 1. The van der Waals surface area contributed by atoms with Crippen LogP contribution >= 0.6 is 0 Å². The average molecular weight is 495 g/mol. The summed E-state index contributed by atoms with van der Waals surface area (Å²) < 4.78 is 12.7. The molecule has 10 nitrogen and oxygen atoms in total. The summed E-state index contributed by atoms with van der Waals surface area (Å²) in [5.41, 5.74) is 4.47. The number of hydrogen-bond acceptors (Lipinski definition) is 8. The molecule has 0 spiro atoms. The molecule has 4 rings (SSSR count). The van der Waals surface area contributed by atoms with Crippen molar-refractivity contribution < 1.29 is 19.4 Å². The summed E-state index contributed by atoms with van der Waals surface area (Å²) in [7, 11) is 0. The number of carbonyl (C=O) groups is 1. The Balaban J connectivity index is 1.58. The Morgan fingerprint density at radius 2 is 1.94 bits per heavy atom. The van der Waals surface area contributed by atoms with Crippen LogP contribution in [0.3, 0.4) is 0 Å². The molecule has 1 aliphatic rings. The zero-order chi connectivity index (χ0) is 25.3. The number of nitrogens with one attached hydrogen (secondary N) is 1. The maximum Gasteiger partial charge on any atom is 0.316 e. The SMILES string of the molecule is CCOc1ncc(Nc2cc(C(CC)CC(=O)O)ccc2-c2cnn(CCN3CCOCC3)c2)cn1. The van der Waals surface area contributed by atoms with Gasteiger partial charge in [-0.3, -0.25) is 14.4 Å². The summed E-state index contributed by atoms with van der Waals surface area (Å²) in [5, 5.41) is 17.4. The molecule has 1 saturated heterocycles. The number of aromatic nitrogens is 4. The summed E-state index contributed by atoms with van der Waals surface area (Å²) in [6.45, 7) is 9.56. The van der Waals surface area contributed by atoms with Gasteiger partial charge in [0.15, 0.2) is 0 Å². The van der Waals surface area contributed by atoms with Crippen molar-refractivity contribution in [1.29, 1.82) is 0 Å². The van der Waals surface area contributed by atoms with E-state index in [1.54, 1.807) is 12.4 Å². The van der Waals surface area contributed by atoms with Gasteiger partial charge in [0.1, 0.15) is 0 Å². The summed E-state index contributed by atoms with van der Waals surface area (Å²) >= 11 is 0. The zero-order valence-corrected chi connectivity index (χ0v) is 20.9. The molecule has 1 aromatic carbocycles. The predicted octanol–water partition coefficient (Wildman–Crippen LogP) is 3.78. The first-order chi connectivity index (χ1) is 17.6. The molecule has 192 valence electrons. The van der Waals surface area contributed by atoms with Gasteiger partial charge in [-0.25, -0.2) is 9.97 Å². The Bertz CT molecular complexity index is 1130. The Labute approximate surface area is 211 Å². The minimum Gasteiger partial charge on any atom is -0.481 e. The second-order valence-electron chi connectivity index (χ2n) is 8.77. The Morgan fingerprint density at radius 1 is 1.17 bits per heavy atom. The number of carboxylic acid groups (broad SMARTS) is 1. The Kier molecular flexibility index (Phi) is 8.85. The monoisotopic (exact) mass is 494 g/mol. The molecule has 3 aromatic rings. The van der Waals surface area contributed by atoms with E-state index < -0.39 is 5.97 Å². The zero-order valence-electron chi connectivity index (χ0n) is 20.9. The molecular formula is C26H34N6O4. The topological polar surface area (TPSA) is 115 Å². The number of anilines is 2. The summed E-state index contributed by atoms with van der Waals surface area (Å²) in [5.74, 6) is -0.883. The molecule has 10 heteroatoms. The maximum atomic E-state index is 11.4. The fourth-order valence-electron chi connectivity index (χ4n) is 4.31. The van der Waals surface area contributed by atoms with Gasteiger partial charge < -0.3 is 19.9 Å². The van der Waals surface area contributed by atoms with Crippen LogP contribution < -0.4 is 10.1 Å². The highest BCUT2D eigenvalue weighted by Crippen LogP contribution is 2.35. The van der Waals surface area contributed by atoms with Crippen LogP contribution in [0.25, 0.3) is 11.1 Å². The molecule has 1 aliphatic heterocycles. The van der Waals surface area contributed by atoms with Crippen molar-refractivity contribution >= 4 is 17.3 Å². The van der Waals surface area contributed by atoms with Crippen molar-refractivity contribution in [2.24, 2.45) is 0 Å². The Hall–Kier alpha value is -3.50. The summed E-state index contributed by atoms with van der Waals surface area (Å²) in [6.07, 6.45) is 8.08. The smallest absolute Gasteiger partial charge is 0.316 e. The number of morpholine rings is 1. The number of hydrogen-bond donors (Lipinski definition) is 2. The Morgan fingerprint density at radius 3 is 2.64 bits per heavy atom. The third kappa shape index (κ3) is 6.79. The first-order valence-corrected chi connectivity index (χ1v) is 12.5. The second-order valence-corrected chi connectivity index (χ2v) is 8.77. The lowest BCUT2D eigenvalue weighted by Gasteiger charge is -2.26. The molecule has 0 amide bonds. The van der Waals surface area contributed by atoms with Gasteiger partial charge in [0, 0.05) is 42.6 Å². The lowest BCUT2D eigenvalue weighted by Crippen LogP contribution is -2.38. The number of ether oxygens (including phenoxy) is 2. The van der Waals surface area contributed by atoms with E-state index in [0.29, 0.717) is 18.3 Å². The second kappa shape index (κ2) is 12.5. The van der Waals surface area contributed by atoms with E-state index in [0.717, 1.165) is 68.2 Å². The van der Waals surface area contributed by atoms with Crippen molar-refractivity contribution in [3.05, 3.63) is 48.5 Å². The molecule has 2 N–H and O–H groups in total.